The summed E-state index contributed by atoms with van der Waals surface area (Å²) in [6.45, 7) is 4.32. The van der Waals surface area contributed by atoms with Gasteiger partial charge in [0.2, 0.25) is 10.0 Å². The molecule has 2 aromatic carbocycles. The van der Waals surface area contributed by atoms with Gasteiger partial charge in [0, 0.05) is 33.2 Å². The lowest BCUT2D eigenvalue weighted by Crippen LogP contribution is -2.38. The number of aryl methyl sites for hydroxylation is 1. The van der Waals surface area contributed by atoms with Crippen molar-refractivity contribution in [3.05, 3.63) is 65.2 Å². The highest BCUT2D eigenvalue weighted by Gasteiger charge is 2.27. The van der Waals surface area contributed by atoms with E-state index in [0.717, 1.165) is 24.8 Å². The fourth-order valence-corrected chi connectivity index (χ4v) is 5.27. The largest absolute Gasteiger partial charge is 0.352 e. The fraction of sp³-hybridized carbons (Fsp3) is 0.409. The molecule has 30 heavy (non-hydrogen) atoms. The van der Waals surface area contributed by atoms with E-state index in [-0.39, 0.29) is 24.0 Å². The van der Waals surface area contributed by atoms with E-state index in [1.165, 1.54) is 11.1 Å². The maximum Gasteiger partial charge on any atom is 0.243 e. The molecule has 0 saturated carbocycles. The number of rotatable bonds is 6. The van der Waals surface area contributed by atoms with Gasteiger partial charge in [-0.25, -0.2) is 8.42 Å². The molecule has 0 bridgehead atoms. The smallest absolute Gasteiger partial charge is 0.243 e. The Morgan fingerprint density at radius 3 is 2.13 bits per heavy atom. The van der Waals surface area contributed by atoms with Crippen LogP contribution >= 0.6 is 24.0 Å². The van der Waals surface area contributed by atoms with E-state index < -0.39 is 10.0 Å². The van der Waals surface area contributed by atoms with Crippen molar-refractivity contribution in [1.82, 2.24) is 14.9 Å². The van der Waals surface area contributed by atoms with Crippen LogP contribution < -0.4 is 10.6 Å². The highest BCUT2D eigenvalue weighted by molar-refractivity contribution is 14.0. The molecule has 3 rings (SSSR count). The van der Waals surface area contributed by atoms with Crippen molar-refractivity contribution >= 4 is 40.0 Å². The van der Waals surface area contributed by atoms with Gasteiger partial charge in [0.1, 0.15) is 0 Å². The Kier molecular flexibility index (Phi) is 9.57. The third-order valence-corrected chi connectivity index (χ3v) is 7.28. The summed E-state index contributed by atoms with van der Waals surface area (Å²) >= 11 is 0. The van der Waals surface area contributed by atoms with E-state index in [4.69, 9.17) is 0 Å². The second-order valence-corrected chi connectivity index (χ2v) is 9.18. The zero-order valence-corrected chi connectivity index (χ0v) is 20.7. The summed E-state index contributed by atoms with van der Waals surface area (Å²) in [5.74, 6) is 0.637. The van der Waals surface area contributed by atoms with Crippen molar-refractivity contribution < 1.29 is 8.42 Å². The normalized spacial score (nSPS) is 15.3. The lowest BCUT2D eigenvalue weighted by atomic mass is 10.1. The predicted molar refractivity (Wildman–Crippen MR) is 133 cm³/mol. The number of aliphatic imine (C=N–C) groups is 1. The number of benzene rings is 2. The molecule has 164 valence electrons. The number of halogens is 1. The first-order valence-electron chi connectivity index (χ1n) is 10.1. The molecule has 0 amide bonds. The summed E-state index contributed by atoms with van der Waals surface area (Å²) in [6.07, 6.45) is 2.95. The standard InChI is InChI=1S/C22H30N4O2S.HI/c1-18-10-4-5-11-19(18)16-24-22(23-2)25-17-20-12-6-7-13-21(20)29(27,28)26-14-8-3-9-15-26;/h4-7,10-13H,3,8-9,14-17H2,1-2H3,(H2,23,24,25);1H. The van der Waals surface area contributed by atoms with Crippen LogP contribution in [0.3, 0.4) is 0 Å². The molecule has 0 atom stereocenters. The number of guanidine groups is 1. The van der Waals surface area contributed by atoms with Gasteiger partial charge in [-0.05, 0) is 42.5 Å². The number of nitrogens with one attached hydrogen (secondary N) is 2. The molecule has 2 N–H and O–H groups in total. The van der Waals surface area contributed by atoms with Gasteiger partial charge in [0.15, 0.2) is 5.96 Å². The number of sulfonamides is 1. The molecule has 1 fully saturated rings. The number of nitrogens with zero attached hydrogens (tertiary/aromatic N) is 2. The van der Waals surface area contributed by atoms with Crippen LogP contribution in [-0.2, 0) is 23.1 Å². The van der Waals surface area contributed by atoms with E-state index in [9.17, 15) is 8.42 Å². The number of hydrogen-bond acceptors (Lipinski definition) is 3. The van der Waals surface area contributed by atoms with Gasteiger partial charge in [0.05, 0.1) is 4.90 Å². The molecular formula is C22H31IN4O2S. The van der Waals surface area contributed by atoms with Crippen LogP contribution in [0.5, 0.6) is 0 Å². The van der Waals surface area contributed by atoms with E-state index in [1.54, 1.807) is 23.5 Å². The fourth-order valence-electron chi connectivity index (χ4n) is 3.53. The Hall–Kier alpha value is -1.65. The molecule has 0 radical (unpaired) electrons. The summed E-state index contributed by atoms with van der Waals surface area (Å²) in [7, 11) is -1.76. The molecule has 1 aliphatic rings. The van der Waals surface area contributed by atoms with E-state index in [0.29, 0.717) is 37.0 Å². The SMILES string of the molecule is CN=C(NCc1ccccc1C)NCc1ccccc1S(=O)(=O)N1CCCCC1.I. The van der Waals surface area contributed by atoms with Crippen molar-refractivity contribution in [2.24, 2.45) is 4.99 Å². The van der Waals surface area contributed by atoms with Crippen molar-refractivity contribution in [1.29, 1.82) is 0 Å². The Labute approximate surface area is 197 Å². The Morgan fingerprint density at radius 1 is 0.933 bits per heavy atom. The van der Waals surface area contributed by atoms with Gasteiger partial charge < -0.3 is 10.6 Å². The van der Waals surface area contributed by atoms with Crippen LogP contribution in [0, 0.1) is 6.92 Å². The molecule has 1 aliphatic heterocycles. The molecule has 1 saturated heterocycles. The molecular weight excluding hydrogens is 511 g/mol. The second-order valence-electron chi connectivity index (χ2n) is 7.28. The maximum absolute atomic E-state index is 13.1. The highest BCUT2D eigenvalue weighted by atomic mass is 127. The monoisotopic (exact) mass is 542 g/mol. The molecule has 6 nitrogen and oxygen atoms in total. The average Bonchev–Trinajstić information content (AvgIpc) is 2.76. The first-order valence-corrected chi connectivity index (χ1v) is 11.5. The van der Waals surface area contributed by atoms with Crippen LogP contribution in [0.1, 0.15) is 36.0 Å². The van der Waals surface area contributed by atoms with Gasteiger partial charge in [-0.3, -0.25) is 4.99 Å². The first kappa shape index (κ1) is 24.6. The molecule has 0 aromatic heterocycles. The number of hydrogen-bond donors (Lipinski definition) is 2. The van der Waals surface area contributed by atoms with Gasteiger partial charge in [-0.15, -0.1) is 24.0 Å². The van der Waals surface area contributed by atoms with E-state index >= 15 is 0 Å². The molecule has 8 heteroatoms. The summed E-state index contributed by atoms with van der Waals surface area (Å²) in [5.41, 5.74) is 3.16. The Bertz CT molecular complexity index is 957. The minimum atomic E-state index is -3.48. The molecule has 2 aromatic rings. The maximum atomic E-state index is 13.1. The van der Waals surface area contributed by atoms with Crippen LogP contribution in [0.4, 0.5) is 0 Å². The second kappa shape index (κ2) is 11.7. The van der Waals surface area contributed by atoms with Crippen LogP contribution in [0.25, 0.3) is 0 Å². The highest BCUT2D eigenvalue weighted by Crippen LogP contribution is 2.23. The molecule has 0 unspecified atom stereocenters. The Morgan fingerprint density at radius 2 is 1.50 bits per heavy atom. The van der Waals surface area contributed by atoms with Gasteiger partial charge in [0.25, 0.3) is 0 Å². The lowest BCUT2D eigenvalue weighted by molar-refractivity contribution is 0.346. The van der Waals surface area contributed by atoms with Crippen LogP contribution in [-0.4, -0.2) is 38.8 Å². The predicted octanol–water partition coefficient (Wildman–Crippen LogP) is 3.65. The first-order chi connectivity index (χ1) is 14.0. The van der Waals surface area contributed by atoms with Crippen molar-refractivity contribution in [2.75, 3.05) is 20.1 Å². The van der Waals surface area contributed by atoms with Crippen molar-refractivity contribution in [3.63, 3.8) is 0 Å². The summed E-state index contributed by atoms with van der Waals surface area (Å²) in [4.78, 5) is 4.64. The zero-order valence-electron chi connectivity index (χ0n) is 17.6. The topological polar surface area (TPSA) is 73.8 Å². The molecule has 0 spiro atoms. The third-order valence-electron chi connectivity index (χ3n) is 5.28. The van der Waals surface area contributed by atoms with E-state index in [1.807, 2.05) is 24.3 Å². The van der Waals surface area contributed by atoms with Crippen molar-refractivity contribution in [2.45, 2.75) is 44.2 Å². The summed E-state index contributed by atoms with van der Waals surface area (Å²) in [5, 5.41) is 6.54. The van der Waals surface area contributed by atoms with E-state index in [2.05, 4.69) is 34.7 Å². The minimum Gasteiger partial charge on any atom is -0.352 e. The minimum absolute atomic E-state index is 0. The van der Waals surface area contributed by atoms with Crippen molar-refractivity contribution in [3.8, 4) is 0 Å². The lowest BCUT2D eigenvalue weighted by Gasteiger charge is -2.27. The summed E-state index contributed by atoms with van der Waals surface area (Å²) in [6, 6.07) is 15.4. The molecule has 1 heterocycles. The van der Waals surface area contributed by atoms with Gasteiger partial charge in [-0.2, -0.15) is 4.31 Å². The van der Waals surface area contributed by atoms with Gasteiger partial charge >= 0.3 is 0 Å². The number of piperidine rings is 1. The summed E-state index contributed by atoms with van der Waals surface area (Å²) < 4.78 is 27.9. The van der Waals surface area contributed by atoms with Crippen LogP contribution in [0.2, 0.25) is 0 Å². The Balaban J connectivity index is 0.00000320. The quantitative estimate of drug-likeness (QED) is 0.332. The zero-order chi connectivity index (χ0) is 20.7. The molecule has 0 aliphatic carbocycles. The van der Waals surface area contributed by atoms with Gasteiger partial charge in [-0.1, -0.05) is 48.9 Å². The van der Waals surface area contributed by atoms with Crippen LogP contribution in [0.15, 0.2) is 58.4 Å². The average molecular weight is 542 g/mol. The third kappa shape index (κ3) is 6.18.